The Morgan fingerprint density at radius 2 is 1.81 bits per heavy atom. The number of hydrogen-bond acceptors (Lipinski definition) is 5. The summed E-state index contributed by atoms with van der Waals surface area (Å²) in [4.78, 5) is 33.4. The number of pyridine rings is 1. The van der Waals surface area contributed by atoms with Crippen molar-refractivity contribution in [3.8, 4) is 11.1 Å². The third-order valence-electron chi connectivity index (χ3n) is 7.33. The van der Waals surface area contributed by atoms with Gasteiger partial charge < -0.3 is 24.8 Å². The topological polar surface area (TPSA) is 77.7 Å². The zero-order chi connectivity index (χ0) is 25.2. The van der Waals surface area contributed by atoms with Gasteiger partial charge in [-0.05, 0) is 72.4 Å². The maximum absolute atomic E-state index is 13.4. The van der Waals surface area contributed by atoms with Crippen LogP contribution in [0.1, 0.15) is 39.7 Å². The Kier molecular flexibility index (Phi) is 6.83. The summed E-state index contributed by atoms with van der Waals surface area (Å²) in [7, 11) is 2.07. The molecule has 36 heavy (non-hydrogen) atoms. The molecule has 1 saturated heterocycles. The molecule has 1 aromatic heterocycles. The van der Waals surface area contributed by atoms with Crippen molar-refractivity contribution in [1.29, 1.82) is 0 Å². The number of H-pyrrole nitrogens is 1. The highest BCUT2D eigenvalue weighted by Crippen LogP contribution is 2.35. The van der Waals surface area contributed by atoms with Gasteiger partial charge in [0.15, 0.2) is 0 Å². The van der Waals surface area contributed by atoms with Gasteiger partial charge >= 0.3 is 0 Å². The van der Waals surface area contributed by atoms with Gasteiger partial charge in [0.1, 0.15) is 0 Å². The Labute approximate surface area is 212 Å². The van der Waals surface area contributed by atoms with E-state index in [4.69, 9.17) is 4.74 Å². The minimum atomic E-state index is -0.143. The van der Waals surface area contributed by atoms with E-state index in [1.54, 1.807) is 0 Å². The zero-order valence-corrected chi connectivity index (χ0v) is 21.3. The first-order valence-corrected chi connectivity index (χ1v) is 12.8. The van der Waals surface area contributed by atoms with Gasteiger partial charge in [-0.15, -0.1) is 0 Å². The van der Waals surface area contributed by atoms with Crippen LogP contribution in [0.25, 0.3) is 11.1 Å². The number of ether oxygens (including phenoxy) is 1. The highest BCUT2D eigenvalue weighted by molar-refractivity contribution is 5.99. The molecule has 1 amide bonds. The Balaban J connectivity index is 1.43. The minimum absolute atomic E-state index is 0.133. The van der Waals surface area contributed by atoms with Gasteiger partial charge in [0.2, 0.25) is 0 Å². The monoisotopic (exact) mass is 486 g/mol. The summed E-state index contributed by atoms with van der Waals surface area (Å²) in [6.45, 7) is 8.30. The van der Waals surface area contributed by atoms with Crippen molar-refractivity contribution in [1.82, 2.24) is 10.3 Å². The second-order valence-electron chi connectivity index (χ2n) is 9.66. The molecule has 3 heterocycles. The molecule has 0 spiro atoms. The number of carbonyl (C=O) groups is 1. The number of aromatic amines is 1. The Bertz CT molecular complexity index is 1320. The largest absolute Gasteiger partial charge is 0.378 e. The summed E-state index contributed by atoms with van der Waals surface area (Å²) in [5, 5.41) is 3.03. The fourth-order valence-electron chi connectivity index (χ4n) is 5.27. The minimum Gasteiger partial charge on any atom is -0.378 e. The van der Waals surface area contributed by atoms with E-state index >= 15 is 0 Å². The van der Waals surface area contributed by atoms with Gasteiger partial charge in [-0.2, -0.15) is 0 Å². The number of hydrogen-bond donors (Lipinski definition) is 2. The molecular weight excluding hydrogens is 452 g/mol. The van der Waals surface area contributed by atoms with E-state index in [0.29, 0.717) is 11.1 Å². The van der Waals surface area contributed by atoms with E-state index in [0.717, 1.165) is 79.3 Å². The summed E-state index contributed by atoms with van der Waals surface area (Å²) in [5.74, 6) is -0.143. The second kappa shape index (κ2) is 10.2. The quantitative estimate of drug-likeness (QED) is 0.556. The molecule has 2 aromatic carbocycles. The number of rotatable bonds is 6. The van der Waals surface area contributed by atoms with Crippen LogP contribution in [0.4, 0.5) is 11.4 Å². The Morgan fingerprint density at radius 3 is 2.53 bits per heavy atom. The van der Waals surface area contributed by atoms with E-state index in [1.165, 1.54) is 5.69 Å². The molecule has 7 heteroatoms. The molecule has 5 rings (SSSR count). The summed E-state index contributed by atoms with van der Waals surface area (Å²) < 4.78 is 5.47. The normalized spacial score (nSPS) is 15.2. The first-order valence-electron chi connectivity index (χ1n) is 12.8. The molecule has 0 aliphatic carbocycles. The van der Waals surface area contributed by atoms with Crippen molar-refractivity contribution in [2.75, 3.05) is 49.7 Å². The van der Waals surface area contributed by atoms with Gasteiger partial charge in [-0.25, -0.2) is 0 Å². The molecule has 188 valence electrons. The van der Waals surface area contributed by atoms with E-state index in [1.807, 2.05) is 26.0 Å². The molecule has 2 aliphatic rings. The Hall–Kier alpha value is -3.58. The van der Waals surface area contributed by atoms with Crippen molar-refractivity contribution in [2.45, 2.75) is 33.2 Å². The number of amides is 1. The number of morpholine rings is 1. The molecule has 2 aliphatic heterocycles. The summed E-state index contributed by atoms with van der Waals surface area (Å²) in [6.07, 6.45) is 1.57. The fourth-order valence-corrected chi connectivity index (χ4v) is 5.27. The summed E-state index contributed by atoms with van der Waals surface area (Å²) >= 11 is 0. The molecular formula is C29H34N4O3. The second-order valence-corrected chi connectivity index (χ2v) is 9.66. The number of anilines is 2. The fraction of sp³-hybridized carbons (Fsp3) is 0.379. The lowest BCUT2D eigenvalue weighted by Crippen LogP contribution is -2.36. The molecule has 0 atom stereocenters. The highest BCUT2D eigenvalue weighted by atomic mass is 16.5. The number of benzene rings is 2. The van der Waals surface area contributed by atoms with Gasteiger partial charge in [-0.1, -0.05) is 19.1 Å². The van der Waals surface area contributed by atoms with Crippen LogP contribution in [0.3, 0.4) is 0 Å². The lowest BCUT2D eigenvalue weighted by Gasteiger charge is -2.29. The molecule has 0 saturated carbocycles. The van der Waals surface area contributed by atoms with Gasteiger partial charge in [0, 0.05) is 61.4 Å². The van der Waals surface area contributed by atoms with Crippen LogP contribution in [0.2, 0.25) is 0 Å². The van der Waals surface area contributed by atoms with E-state index < -0.39 is 0 Å². The highest BCUT2D eigenvalue weighted by Gasteiger charge is 2.24. The van der Waals surface area contributed by atoms with Crippen molar-refractivity contribution in [3.05, 3.63) is 80.8 Å². The molecule has 2 N–H and O–H groups in total. The van der Waals surface area contributed by atoms with Crippen LogP contribution in [0.5, 0.6) is 0 Å². The van der Waals surface area contributed by atoms with E-state index in [-0.39, 0.29) is 18.0 Å². The van der Waals surface area contributed by atoms with Crippen molar-refractivity contribution in [2.24, 2.45) is 0 Å². The third kappa shape index (κ3) is 4.75. The first-order chi connectivity index (χ1) is 17.4. The maximum atomic E-state index is 13.4. The van der Waals surface area contributed by atoms with E-state index in [2.05, 4.69) is 57.5 Å². The van der Waals surface area contributed by atoms with Crippen LogP contribution in [0, 0.1) is 6.92 Å². The van der Waals surface area contributed by atoms with Crippen LogP contribution < -0.4 is 20.7 Å². The maximum Gasteiger partial charge on any atom is 0.253 e. The smallest absolute Gasteiger partial charge is 0.253 e. The lowest BCUT2D eigenvalue weighted by molar-refractivity contribution is 0.0950. The molecule has 1 fully saturated rings. The SMILES string of the molecule is CCc1cc(C)[nH]c(=O)c1CNC(=O)c1cc(-c2ccc(N3CCOCC3)cc2)cc2c1CCN2C. The first kappa shape index (κ1) is 24.1. The number of nitrogens with zero attached hydrogens (tertiary/aromatic N) is 2. The predicted molar refractivity (Wildman–Crippen MR) is 144 cm³/mol. The lowest BCUT2D eigenvalue weighted by atomic mass is 9.96. The van der Waals surface area contributed by atoms with Crippen LogP contribution in [-0.2, 0) is 24.1 Å². The van der Waals surface area contributed by atoms with Crippen molar-refractivity contribution >= 4 is 17.3 Å². The average molecular weight is 487 g/mol. The van der Waals surface area contributed by atoms with Gasteiger partial charge in [0.25, 0.3) is 11.5 Å². The zero-order valence-electron chi connectivity index (χ0n) is 21.3. The van der Waals surface area contributed by atoms with E-state index in [9.17, 15) is 9.59 Å². The Morgan fingerprint density at radius 1 is 1.06 bits per heavy atom. The molecule has 0 bridgehead atoms. The van der Waals surface area contributed by atoms with Crippen LogP contribution in [-0.4, -0.2) is 50.8 Å². The molecule has 3 aromatic rings. The standard InChI is InChI=1S/C29H34N4O3/c1-4-20-15-19(2)31-29(35)26(20)18-30-28(34)25-16-22(17-27-24(25)9-10-32(27)3)21-5-7-23(8-6-21)33-11-13-36-14-12-33/h5-8,15-17H,4,9-14,18H2,1-3H3,(H,30,34)(H,31,35). The number of likely N-dealkylation sites (N-methyl/N-ethyl adjacent to an activating group) is 1. The number of carbonyl (C=O) groups excluding carboxylic acids is 1. The summed E-state index contributed by atoms with van der Waals surface area (Å²) in [5.41, 5.74) is 8.42. The number of aryl methyl sites for hydroxylation is 2. The number of nitrogens with one attached hydrogen (secondary N) is 2. The number of aromatic nitrogens is 1. The molecule has 7 nitrogen and oxygen atoms in total. The molecule has 0 radical (unpaired) electrons. The van der Waals surface area contributed by atoms with Crippen molar-refractivity contribution < 1.29 is 9.53 Å². The number of fused-ring (bicyclic) bond motifs is 1. The van der Waals surface area contributed by atoms with Gasteiger partial charge in [0.05, 0.1) is 13.2 Å². The van der Waals surface area contributed by atoms with Crippen molar-refractivity contribution in [3.63, 3.8) is 0 Å². The van der Waals surface area contributed by atoms with Gasteiger partial charge in [-0.3, -0.25) is 9.59 Å². The predicted octanol–water partition coefficient (Wildman–Crippen LogP) is 3.67. The average Bonchev–Trinajstić information content (AvgIpc) is 3.28. The van der Waals surface area contributed by atoms with Crippen LogP contribution in [0.15, 0.2) is 47.3 Å². The third-order valence-corrected chi connectivity index (χ3v) is 7.33. The van der Waals surface area contributed by atoms with Crippen LogP contribution >= 0.6 is 0 Å². The summed E-state index contributed by atoms with van der Waals surface area (Å²) in [6, 6.07) is 14.7. The molecule has 0 unspecified atom stereocenters.